The molecule has 0 bridgehead atoms. The van der Waals surface area contributed by atoms with Crippen LogP contribution in [0.5, 0.6) is 0 Å². The van der Waals surface area contributed by atoms with E-state index in [1.807, 2.05) is 4.90 Å². The van der Waals surface area contributed by atoms with E-state index in [1.54, 1.807) is 0 Å². The maximum Gasteiger partial charge on any atom is 0.317 e. The minimum absolute atomic E-state index is 0.0460. The molecule has 2 saturated heterocycles. The van der Waals surface area contributed by atoms with E-state index in [1.165, 1.54) is 54.9 Å². The highest BCUT2D eigenvalue weighted by Gasteiger charge is 2.37. The van der Waals surface area contributed by atoms with Gasteiger partial charge in [-0.2, -0.15) is 5.10 Å². The standard InChI is InChI=1S/C28H43N5O2/c1-20-6-11-24(18-21(20)2)33-27(31-14-4-3-5-15-31)19-26(30-33)22-7-9-23(10-8-22)29-28(35)32-16-12-25(34)13-17-32/h6,11,18,22-23,25,27,34H,3-5,7-10,12-17,19H2,1-2H3,(H,29,35). The van der Waals surface area contributed by atoms with Crippen LogP contribution in [0.4, 0.5) is 10.5 Å². The molecule has 192 valence electrons. The van der Waals surface area contributed by atoms with E-state index in [4.69, 9.17) is 5.10 Å². The summed E-state index contributed by atoms with van der Waals surface area (Å²) in [6.07, 6.45) is 10.6. The number of amides is 2. The smallest absolute Gasteiger partial charge is 0.317 e. The summed E-state index contributed by atoms with van der Waals surface area (Å²) in [5.74, 6) is 0.511. The first-order valence-corrected chi connectivity index (χ1v) is 13.9. The zero-order chi connectivity index (χ0) is 24.4. The summed E-state index contributed by atoms with van der Waals surface area (Å²) >= 11 is 0. The topological polar surface area (TPSA) is 71.4 Å². The number of hydrogen-bond donors (Lipinski definition) is 2. The van der Waals surface area contributed by atoms with Crippen LogP contribution in [0, 0.1) is 19.8 Å². The fourth-order valence-electron chi connectivity index (χ4n) is 6.27. The fraction of sp³-hybridized carbons (Fsp3) is 0.714. The van der Waals surface area contributed by atoms with Crippen LogP contribution in [-0.2, 0) is 0 Å². The molecule has 7 heteroatoms. The molecule has 3 heterocycles. The number of hydrazone groups is 1. The van der Waals surface area contributed by atoms with Gasteiger partial charge in [0.1, 0.15) is 6.17 Å². The zero-order valence-corrected chi connectivity index (χ0v) is 21.6. The number of piperidine rings is 2. The van der Waals surface area contributed by atoms with Crippen molar-refractivity contribution in [1.82, 2.24) is 15.1 Å². The molecule has 3 fully saturated rings. The van der Waals surface area contributed by atoms with Gasteiger partial charge in [0.2, 0.25) is 0 Å². The average molecular weight is 482 g/mol. The molecule has 4 aliphatic rings. The number of hydrogen-bond acceptors (Lipinski definition) is 5. The number of likely N-dealkylation sites (tertiary alicyclic amines) is 2. The summed E-state index contributed by atoms with van der Waals surface area (Å²) in [5, 5.41) is 20.6. The zero-order valence-electron chi connectivity index (χ0n) is 21.6. The predicted octanol–water partition coefficient (Wildman–Crippen LogP) is 4.41. The lowest BCUT2D eigenvalue weighted by Gasteiger charge is -2.37. The number of anilines is 1. The molecule has 5 rings (SSSR count). The number of urea groups is 1. The Balaban J connectivity index is 1.22. The molecule has 7 nitrogen and oxygen atoms in total. The third-order valence-electron chi connectivity index (χ3n) is 8.76. The Morgan fingerprint density at radius 3 is 2.34 bits per heavy atom. The van der Waals surface area contributed by atoms with Gasteiger partial charge in [-0.1, -0.05) is 12.5 Å². The first-order valence-electron chi connectivity index (χ1n) is 13.9. The van der Waals surface area contributed by atoms with Crippen LogP contribution >= 0.6 is 0 Å². The second-order valence-electron chi connectivity index (χ2n) is 11.2. The summed E-state index contributed by atoms with van der Waals surface area (Å²) in [4.78, 5) is 17.2. The van der Waals surface area contributed by atoms with Gasteiger partial charge in [0.15, 0.2) is 0 Å². The molecule has 0 radical (unpaired) electrons. The molecule has 1 unspecified atom stereocenters. The number of carbonyl (C=O) groups excluding carboxylic acids is 1. The van der Waals surface area contributed by atoms with Crippen LogP contribution in [0.25, 0.3) is 0 Å². The molecule has 1 aromatic carbocycles. The lowest BCUT2D eigenvalue weighted by Crippen LogP contribution is -2.49. The van der Waals surface area contributed by atoms with Crippen LogP contribution in [0.3, 0.4) is 0 Å². The maximum absolute atomic E-state index is 12.7. The third kappa shape index (κ3) is 5.67. The molecule has 0 aromatic heterocycles. The summed E-state index contributed by atoms with van der Waals surface area (Å²) in [6, 6.07) is 7.05. The normalized spacial score (nSPS) is 28.8. The Morgan fingerprint density at radius 2 is 1.66 bits per heavy atom. The second kappa shape index (κ2) is 10.9. The molecule has 2 amide bonds. The van der Waals surface area contributed by atoms with Crippen molar-refractivity contribution >= 4 is 17.4 Å². The molecular weight excluding hydrogens is 438 g/mol. The molecule has 1 saturated carbocycles. The molecule has 1 atom stereocenters. The lowest BCUT2D eigenvalue weighted by molar-refractivity contribution is 0.0922. The molecule has 2 N–H and O–H groups in total. The van der Waals surface area contributed by atoms with Crippen molar-refractivity contribution in [2.24, 2.45) is 11.0 Å². The quantitative estimate of drug-likeness (QED) is 0.668. The number of rotatable bonds is 4. The van der Waals surface area contributed by atoms with Crippen molar-refractivity contribution in [2.45, 2.75) is 96.4 Å². The molecule has 3 aliphatic heterocycles. The predicted molar refractivity (Wildman–Crippen MR) is 141 cm³/mol. The van der Waals surface area contributed by atoms with Crippen LogP contribution < -0.4 is 10.3 Å². The highest BCUT2D eigenvalue weighted by Crippen LogP contribution is 2.35. The van der Waals surface area contributed by atoms with Gasteiger partial charge in [0.25, 0.3) is 0 Å². The SMILES string of the molecule is Cc1ccc(N2N=C(C3CCC(NC(=O)N4CCC(O)CC4)CC3)CC2N2CCCCC2)cc1C. The average Bonchev–Trinajstić information content (AvgIpc) is 3.33. The van der Waals surface area contributed by atoms with Gasteiger partial charge < -0.3 is 15.3 Å². The van der Waals surface area contributed by atoms with Gasteiger partial charge in [-0.25, -0.2) is 9.80 Å². The van der Waals surface area contributed by atoms with Crippen molar-refractivity contribution in [3.8, 4) is 0 Å². The number of benzene rings is 1. The van der Waals surface area contributed by atoms with E-state index in [0.29, 0.717) is 38.0 Å². The van der Waals surface area contributed by atoms with Gasteiger partial charge in [-0.15, -0.1) is 0 Å². The van der Waals surface area contributed by atoms with Gasteiger partial charge in [0, 0.05) is 44.4 Å². The number of aliphatic hydroxyl groups excluding tert-OH is 1. The van der Waals surface area contributed by atoms with Gasteiger partial charge in [0.05, 0.1) is 11.8 Å². The number of aliphatic hydroxyl groups is 1. The second-order valence-corrected chi connectivity index (χ2v) is 11.2. The van der Waals surface area contributed by atoms with E-state index < -0.39 is 0 Å². The van der Waals surface area contributed by atoms with E-state index in [-0.39, 0.29) is 18.2 Å². The first kappa shape index (κ1) is 24.6. The van der Waals surface area contributed by atoms with Crippen LogP contribution in [-0.4, -0.2) is 71.1 Å². The fourth-order valence-corrected chi connectivity index (χ4v) is 6.27. The van der Waals surface area contributed by atoms with E-state index in [0.717, 1.165) is 32.1 Å². The van der Waals surface area contributed by atoms with Crippen LogP contribution in [0.2, 0.25) is 0 Å². The number of nitrogens with one attached hydrogen (secondary N) is 1. The Bertz CT molecular complexity index is 912. The summed E-state index contributed by atoms with van der Waals surface area (Å²) in [5.41, 5.74) is 5.22. The van der Waals surface area contributed by atoms with E-state index >= 15 is 0 Å². The molecule has 1 aromatic rings. The molecule has 1 aliphatic carbocycles. The molecule has 35 heavy (non-hydrogen) atoms. The third-order valence-corrected chi connectivity index (χ3v) is 8.76. The summed E-state index contributed by atoms with van der Waals surface area (Å²) in [7, 11) is 0. The van der Waals surface area contributed by atoms with Crippen LogP contribution in [0.1, 0.15) is 75.3 Å². The molecule has 0 spiro atoms. The number of aryl methyl sites for hydroxylation is 2. The number of nitrogens with zero attached hydrogens (tertiary/aromatic N) is 4. The van der Waals surface area contributed by atoms with E-state index in [2.05, 4.69) is 47.3 Å². The minimum atomic E-state index is -0.251. The highest BCUT2D eigenvalue weighted by atomic mass is 16.3. The lowest BCUT2D eigenvalue weighted by atomic mass is 9.82. The largest absolute Gasteiger partial charge is 0.393 e. The van der Waals surface area contributed by atoms with Crippen molar-refractivity contribution in [3.05, 3.63) is 29.3 Å². The minimum Gasteiger partial charge on any atom is -0.393 e. The Kier molecular flexibility index (Phi) is 7.63. The van der Waals surface area contributed by atoms with Crippen molar-refractivity contribution in [2.75, 3.05) is 31.2 Å². The van der Waals surface area contributed by atoms with Gasteiger partial charge in [-0.05, 0) is 94.4 Å². The Morgan fingerprint density at radius 1 is 0.943 bits per heavy atom. The maximum atomic E-state index is 12.7. The summed E-state index contributed by atoms with van der Waals surface area (Å²) < 4.78 is 0. The van der Waals surface area contributed by atoms with Gasteiger partial charge >= 0.3 is 6.03 Å². The Labute approximate surface area is 210 Å². The van der Waals surface area contributed by atoms with Gasteiger partial charge in [-0.3, -0.25) is 4.90 Å². The monoisotopic (exact) mass is 481 g/mol. The van der Waals surface area contributed by atoms with Crippen molar-refractivity contribution in [3.63, 3.8) is 0 Å². The van der Waals surface area contributed by atoms with Crippen LogP contribution in [0.15, 0.2) is 23.3 Å². The Hall–Kier alpha value is -2.12. The van der Waals surface area contributed by atoms with E-state index in [9.17, 15) is 9.90 Å². The first-order chi connectivity index (χ1) is 17.0. The van der Waals surface area contributed by atoms with Crippen molar-refractivity contribution < 1.29 is 9.90 Å². The number of carbonyl (C=O) groups is 1. The molecular formula is C28H43N5O2. The highest BCUT2D eigenvalue weighted by molar-refractivity contribution is 5.90. The van der Waals surface area contributed by atoms with Crippen molar-refractivity contribution in [1.29, 1.82) is 0 Å². The summed E-state index contributed by atoms with van der Waals surface area (Å²) in [6.45, 7) is 8.02.